The summed E-state index contributed by atoms with van der Waals surface area (Å²) in [6.45, 7) is 2.52. The van der Waals surface area contributed by atoms with Crippen LogP contribution in [0.1, 0.15) is 46.2 Å². The Morgan fingerprint density at radius 2 is 0.700 bits per heavy atom. The van der Waals surface area contributed by atoms with Crippen molar-refractivity contribution < 1.29 is 56.8 Å². The maximum atomic E-state index is 7.30. The van der Waals surface area contributed by atoms with Crippen molar-refractivity contribution in [2.75, 3.05) is 27.4 Å². The van der Waals surface area contributed by atoms with Crippen molar-refractivity contribution in [3.8, 4) is 0 Å². The molecule has 7 aromatic carbocycles. The summed E-state index contributed by atoms with van der Waals surface area (Å²) < 4.78 is 83.1. The van der Waals surface area contributed by atoms with E-state index in [1.165, 1.54) is 4.46 Å². The van der Waals surface area contributed by atoms with Crippen molar-refractivity contribution in [1.29, 1.82) is 0 Å². The van der Waals surface area contributed by atoms with Crippen molar-refractivity contribution in [1.82, 2.24) is 0 Å². The van der Waals surface area contributed by atoms with Crippen LogP contribution in [0.25, 0.3) is 0 Å². The van der Waals surface area contributed by atoms with Crippen molar-refractivity contribution in [2.45, 2.75) is 131 Å². The molecule has 0 radical (unpaired) electrons. The van der Waals surface area contributed by atoms with E-state index in [1.54, 1.807) is 14.2 Å². The Morgan fingerprint density at radius 3 is 1.11 bits per heavy atom. The summed E-state index contributed by atoms with van der Waals surface area (Å²) in [6, 6.07) is 71.6. The van der Waals surface area contributed by atoms with E-state index in [4.69, 9.17) is 56.8 Å². The molecule has 80 heavy (non-hydrogen) atoms. The van der Waals surface area contributed by atoms with Gasteiger partial charge in [-0.15, -0.1) is 0 Å². The second-order valence-corrected chi connectivity index (χ2v) is 23.2. The van der Waals surface area contributed by atoms with Gasteiger partial charge in [0.25, 0.3) is 0 Å². The van der Waals surface area contributed by atoms with E-state index in [0.717, 1.165) is 39.8 Å². The number of hydrogen-bond donors (Lipinski definition) is 0. The van der Waals surface area contributed by atoms with Crippen molar-refractivity contribution in [3.63, 3.8) is 0 Å². The molecule has 0 aromatic heterocycles. The summed E-state index contributed by atoms with van der Waals surface area (Å²) >= 11 is 0.0143. The van der Waals surface area contributed by atoms with Crippen LogP contribution in [0.2, 0.25) is 4.82 Å². The number of hydrogen-bond acceptors (Lipinski definition) is 12. The van der Waals surface area contributed by atoms with Crippen LogP contribution in [-0.2, 0) is 96.5 Å². The average molecular weight is 1150 g/mol. The minimum absolute atomic E-state index is 0.0143. The number of benzene rings is 7. The van der Waals surface area contributed by atoms with Crippen LogP contribution in [0.3, 0.4) is 0 Å². The van der Waals surface area contributed by atoms with Crippen molar-refractivity contribution in [2.24, 2.45) is 0 Å². The van der Waals surface area contributed by atoms with Gasteiger partial charge in [-0.1, -0.05) is 36.4 Å². The fourth-order valence-electron chi connectivity index (χ4n) is 10.7. The van der Waals surface area contributed by atoms with Gasteiger partial charge in [0.2, 0.25) is 0 Å². The van der Waals surface area contributed by atoms with Crippen molar-refractivity contribution in [3.05, 3.63) is 246 Å². The van der Waals surface area contributed by atoms with Crippen LogP contribution in [0, 0.1) is 0 Å². The number of rotatable bonds is 28. The SMILES string of the molecule is CO[C@H]1O[C@H](COCc2ccccc2)[C@@H](OC[C@H]2O[C@@H](C[C@H]3O[C@H](OC)[C@H](OCc4ccccc4)[C@@H](OCc4ccccc4)[C@@H]3OCc3ccccc3)C[C@@H]2[Se]c2ccccc2)[C@H](OCc2ccccc2)[C@H]1OCc1ccccc1. The first-order valence-corrected chi connectivity index (χ1v) is 29.7. The third-order valence-corrected chi connectivity index (χ3v) is 17.5. The van der Waals surface area contributed by atoms with Crippen LogP contribution in [0.5, 0.6) is 0 Å². The molecule has 0 amide bonds. The van der Waals surface area contributed by atoms with E-state index >= 15 is 0 Å². The fourth-order valence-corrected chi connectivity index (χ4v) is 13.3. The summed E-state index contributed by atoms with van der Waals surface area (Å²) in [4.78, 5) is 0.130. The first kappa shape index (κ1) is 57.8. The summed E-state index contributed by atoms with van der Waals surface area (Å²) in [7, 11) is 3.30. The van der Waals surface area contributed by atoms with Gasteiger partial charge in [0.05, 0.1) is 0 Å². The molecule has 12 nitrogen and oxygen atoms in total. The van der Waals surface area contributed by atoms with Crippen LogP contribution in [0.4, 0.5) is 0 Å². The van der Waals surface area contributed by atoms with Gasteiger partial charge < -0.3 is 0 Å². The molecule has 0 bridgehead atoms. The summed E-state index contributed by atoms with van der Waals surface area (Å²) in [6.07, 6.45) is -5.63. The Labute approximate surface area is 478 Å². The molecular formula is C67H74O12Se. The Kier molecular flexibility index (Phi) is 22.1. The van der Waals surface area contributed by atoms with E-state index in [0.29, 0.717) is 46.1 Å². The van der Waals surface area contributed by atoms with Gasteiger partial charge in [-0.05, 0) is 0 Å². The molecule has 3 aliphatic rings. The van der Waals surface area contributed by atoms with Crippen LogP contribution in [-0.4, -0.2) is 116 Å². The second-order valence-electron chi connectivity index (χ2n) is 20.4. The maximum absolute atomic E-state index is 7.30. The van der Waals surface area contributed by atoms with Crippen LogP contribution < -0.4 is 4.46 Å². The van der Waals surface area contributed by atoms with Gasteiger partial charge in [0.1, 0.15) is 0 Å². The van der Waals surface area contributed by atoms with Gasteiger partial charge >= 0.3 is 444 Å². The molecule has 420 valence electrons. The first-order valence-electron chi connectivity index (χ1n) is 27.8. The standard InChI is InChI=1S/C67H74O12Se/c1-68-66-64(74-44-52-32-18-7-19-33-52)62(72-42-50-28-14-5-15-29-50)60(71-41-49-26-12-4-13-27-49)56(78-66)38-54-39-59(80-55-36-22-9-23-37-55)57(77-54)47-76-61-58(46-70-40-48-24-10-3-11-25-48)79-67(69-2)65(75-45-53-34-20-8-21-35-53)63(61)73-43-51-30-16-6-17-31-51/h3-37,54,56-67H,38-47H2,1-2H3/t54-,56+,57+,58+,59-,60+,61+,62-,63-,64+,65+,66-,67-/m0/s1. The van der Waals surface area contributed by atoms with Crippen LogP contribution in [0.15, 0.2) is 212 Å². The molecule has 0 spiro atoms. The van der Waals surface area contributed by atoms with Gasteiger partial charge in [0.15, 0.2) is 0 Å². The molecule has 0 unspecified atom stereocenters. The normalized spacial score (nSPS) is 26.8. The molecule has 7 aromatic rings. The molecule has 13 atom stereocenters. The van der Waals surface area contributed by atoms with E-state index in [2.05, 4.69) is 91.0 Å². The molecule has 3 aliphatic heterocycles. The number of methoxy groups -OCH3 is 2. The van der Waals surface area contributed by atoms with E-state index in [9.17, 15) is 0 Å². The molecule has 3 saturated heterocycles. The van der Waals surface area contributed by atoms with E-state index < -0.39 is 61.4 Å². The van der Waals surface area contributed by atoms with Gasteiger partial charge in [0, 0.05) is 0 Å². The third kappa shape index (κ3) is 16.4. The Morgan fingerprint density at radius 1 is 0.350 bits per heavy atom. The zero-order valence-electron chi connectivity index (χ0n) is 45.6. The molecule has 3 fully saturated rings. The fraction of sp³-hybridized carbons (Fsp3) is 0.373. The van der Waals surface area contributed by atoms with Crippen LogP contribution >= 0.6 is 0 Å². The molecule has 0 saturated carbocycles. The third-order valence-electron chi connectivity index (χ3n) is 14.7. The Balaban J connectivity index is 0.936. The summed E-state index contributed by atoms with van der Waals surface area (Å²) in [5.74, 6) is 0. The van der Waals surface area contributed by atoms with Gasteiger partial charge in [-0.3, -0.25) is 0 Å². The zero-order chi connectivity index (χ0) is 54.6. The van der Waals surface area contributed by atoms with Gasteiger partial charge in [-0.25, -0.2) is 0 Å². The summed E-state index contributed by atoms with van der Waals surface area (Å²) in [5, 5.41) is 0. The second kappa shape index (κ2) is 30.6. The Hall–Kier alpha value is -5.42. The molecule has 3 heterocycles. The molecular weight excluding hydrogens is 1080 g/mol. The Bertz CT molecular complexity index is 2790. The first-order chi connectivity index (χ1) is 39.6. The molecule has 0 aliphatic carbocycles. The zero-order valence-corrected chi connectivity index (χ0v) is 47.3. The quantitative estimate of drug-likeness (QED) is 0.0436. The van der Waals surface area contributed by atoms with E-state index in [-0.39, 0.29) is 45.2 Å². The van der Waals surface area contributed by atoms with E-state index in [1.807, 2.05) is 121 Å². The summed E-state index contributed by atoms with van der Waals surface area (Å²) in [5.41, 5.74) is 6.19. The van der Waals surface area contributed by atoms with Crippen molar-refractivity contribution >= 4 is 19.4 Å². The topological polar surface area (TPSA) is 111 Å². The molecule has 10 rings (SSSR count). The monoisotopic (exact) mass is 1150 g/mol. The predicted molar refractivity (Wildman–Crippen MR) is 306 cm³/mol. The molecule has 13 heteroatoms. The average Bonchev–Trinajstić information content (AvgIpc) is 3.90. The molecule has 0 N–H and O–H groups in total. The predicted octanol–water partition coefficient (Wildman–Crippen LogP) is 10.6. The van der Waals surface area contributed by atoms with Gasteiger partial charge in [-0.2, -0.15) is 0 Å². The number of ether oxygens (including phenoxy) is 12. The minimum atomic E-state index is -0.779.